The van der Waals surface area contributed by atoms with Crippen LogP contribution in [-0.2, 0) is 2.92 Å². The van der Waals surface area contributed by atoms with Gasteiger partial charge in [-0.3, -0.25) is 0 Å². The molecule has 0 aliphatic carbocycles. The fourth-order valence-electron chi connectivity index (χ4n) is 0. The van der Waals surface area contributed by atoms with Gasteiger partial charge in [-0.1, -0.05) is 0 Å². The Kier molecular flexibility index (Phi) is 21.5. The van der Waals surface area contributed by atoms with E-state index in [0.717, 1.165) is 0 Å². The molecule has 0 atom stereocenters. The van der Waals surface area contributed by atoms with Crippen molar-refractivity contribution < 1.29 is 44.2 Å². The van der Waals surface area contributed by atoms with Gasteiger partial charge in [0.05, 0.1) is 0 Å². The first-order chi connectivity index (χ1) is 1.41. The Balaban J connectivity index is 0. The molecule has 4 heteroatoms. The van der Waals surface area contributed by atoms with Crippen LogP contribution < -0.4 is 0 Å². The molecular formula is Br2OPr. The molecule has 0 heterocycles. The molecule has 0 aromatic heterocycles. The fraction of sp³-hybridized carbons (Fsp3) is 0. The number of halogens is 2. The van der Waals surface area contributed by atoms with Crippen LogP contribution in [0.3, 0.4) is 0 Å². The summed E-state index contributed by atoms with van der Waals surface area (Å²) in [6.45, 7) is 0. The first-order valence-electron chi connectivity index (χ1n) is 0.309. The first kappa shape index (κ1) is 9.56. The second-order valence-corrected chi connectivity index (χ2v) is 1.57. The van der Waals surface area contributed by atoms with Crippen LogP contribution in [0.15, 0.2) is 0 Å². The van der Waals surface area contributed by atoms with E-state index < -0.39 is 0 Å². The zero-order chi connectivity index (χ0) is 2.71. The van der Waals surface area contributed by atoms with Gasteiger partial charge < -0.3 is 0 Å². The summed E-state index contributed by atoms with van der Waals surface area (Å²) in [6.07, 6.45) is 0. The zero-order valence-corrected chi connectivity index (χ0v) is 8.62. The first-order valence-corrected chi connectivity index (χ1v) is 1.60. The Morgan fingerprint density at radius 1 is 1.25 bits per heavy atom. The summed E-state index contributed by atoms with van der Waals surface area (Å²) in [5.41, 5.74) is 0. The number of hydrogen-bond acceptors (Lipinski definition) is 1. The number of rotatable bonds is 0. The topological polar surface area (TPSA) is 9.23 Å². The molecule has 1 radical (unpaired) electrons. The molecule has 0 rings (SSSR count). The van der Waals surface area contributed by atoms with Gasteiger partial charge in [0.1, 0.15) is 32.5 Å². The van der Waals surface area contributed by atoms with Crippen LogP contribution in [0.5, 0.6) is 0 Å². The van der Waals surface area contributed by atoms with Crippen molar-refractivity contribution in [1.29, 1.82) is 0 Å². The molecule has 0 aliphatic rings. The second kappa shape index (κ2) is 8.99. The van der Waals surface area contributed by atoms with Gasteiger partial charge in [-0.05, 0) is 0 Å². The van der Waals surface area contributed by atoms with Gasteiger partial charge in [0, 0.05) is 41.3 Å². The van der Waals surface area contributed by atoms with E-state index in [2.05, 4.69) is 35.4 Å². The summed E-state index contributed by atoms with van der Waals surface area (Å²) in [5.74, 6) is 0. The van der Waals surface area contributed by atoms with Gasteiger partial charge in [0.15, 0.2) is 0 Å². The Bertz CT molecular complexity index is 6.00. The molecule has 0 saturated carbocycles. The van der Waals surface area contributed by atoms with E-state index in [1.54, 1.807) is 0 Å². The molecule has 0 fully saturated rings. The maximum atomic E-state index is 3.88. The van der Waals surface area contributed by atoms with Crippen LogP contribution in [0.4, 0.5) is 0 Å². The Hall–Kier alpha value is 2.28. The van der Waals surface area contributed by atoms with E-state index in [1.165, 1.54) is 0 Å². The van der Waals surface area contributed by atoms with Crippen LogP contribution in [0.2, 0.25) is 0 Å². The van der Waals surface area contributed by atoms with Crippen LogP contribution in [0.25, 0.3) is 0 Å². The normalized spacial score (nSPS) is 4.50. The SMILES string of the molecule is BrOBr.[Pr]. The van der Waals surface area contributed by atoms with Crippen molar-refractivity contribution in [3.8, 4) is 0 Å². The Morgan fingerprint density at radius 3 is 1.25 bits per heavy atom. The smallest absolute Gasteiger partial charge is 0.115 e. The third kappa shape index (κ3) is 8.86. The monoisotopic (exact) mass is 315 g/mol. The second-order valence-electron chi connectivity index (χ2n) is 0.0583. The summed E-state index contributed by atoms with van der Waals surface area (Å²) >= 11 is 5.12. The van der Waals surface area contributed by atoms with Crippen molar-refractivity contribution in [2.45, 2.75) is 0 Å². The molecule has 0 saturated heterocycles. The molecule has 0 aromatic rings. The van der Waals surface area contributed by atoms with Crippen LogP contribution in [-0.4, -0.2) is 0 Å². The average Bonchev–Trinajstić information content (AvgIpc) is 0.918. The molecule has 0 aliphatic heterocycles. The van der Waals surface area contributed by atoms with E-state index in [9.17, 15) is 0 Å². The van der Waals surface area contributed by atoms with E-state index in [0.29, 0.717) is 0 Å². The maximum absolute atomic E-state index is 3.88. The van der Waals surface area contributed by atoms with Crippen LogP contribution in [0, 0.1) is 41.3 Å². The summed E-state index contributed by atoms with van der Waals surface area (Å²) < 4.78 is 3.88. The minimum Gasteiger partial charge on any atom is -0.230 e. The molecular weight excluding hydrogens is 317 g/mol. The molecule has 0 unspecified atom stereocenters. The van der Waals surface area contributed by atoms with Crippen molar-refractivity contribution in [2.75, 3.05) is 0 Å². The molecule has 4 heavy (non-hydrogen) atoms. The standard InChI is InChI=1S/Br2O.Pr/c1-3-2;. The molecule has 23 valence electrons. The third-order valence-corrected chi connectivity index (χ3v) is 0. The fourth-order valence-corrected chi connectivity index (χ4v) is 0. The van der Waals surface area contributed by atoms with Gasteiger partial charge in [0.2, 0.25) is 0 Å². The minimum absolute atomic E-state index is 0. The van der Waals surface area contributed by atoms with E-state index >= 15 is 0 Å². The predicted molar refractivity (Wildman–Crippen MR) is 18.9 cm³/mol. The summed E-state index contributed by atoms with van der Waals surface area (Å²) in [7, 11) is 0. The Morgan fingerprint density at radius 2 is 1.25 bits per heavy atom. The molecule has 0 spiro atoms. The zero-order valence-electron chi connectivity index (χ0n) is 1.74. The van der Waals surface area contributed by atoms with Crippen molar-refractivity contribution in [2.24, 2.45) is 0 Å². The molecule has 0 N–H and O–H groups in total. The van der Waals surface area contributed by atoms with Crippen LogP contribution >= 0.6 is 32.5 Å². The van der Waals surface area contributed by atoms with Gasteiger partial charge in [0.25, 0.3) is 0 Å². The summed E-state index contributed by atoms with van der Waals surface area (Å²) in [6, 6.07) is 0. The van der Waals surface area contributed by atoms with Gasteiger partial charge in [-0.25, -0.2) is 2.92 Å². The minimum atomic E-state index is 0. The average molecular weight is 317 g/mol. The predicted octanol–water partition coefficient (Wildman–Crippen LogP) is 1.62. The molecule has 1 nitrogen and oxygen atoms in total. The van der Waals surface area contributed by atoms with E-state index in [-0.39, 0.29) is 41.3 Å². The van der Waals surface area contributed by atoms with E-state index in [4.69, 9.17) is 0 Å². The summed E-state index contributed by atoms with van der Waals surface area (Å²) in [4.78, 5) is 0. The third-order valence-electron chi connectivity index (χ3n) is 0. The quantitative estimate of drug-likeness (QED) is 0.660. The molecule has 0 aromatic carbocycles. The Labute approximate surface area is 75.3 Å². The van der Waals surface area contributed by atoms with Gasteiger partial charge >= 0.3 is 0 Å². The van der Waals surface area contributed by atoms with Gasteiger partial charge in [-0.2, -0.15) is 0 Å². The molecule has 0 amide bonds. The largest absolute Gasteiger partial charge is 0.230 e. The van der Waals surface area contributed by atoms with E-state index in [1.807, 2.05) is 0 Å². The van der Waals surface area contributed by atoms with Crippen molar-refractivity contribution >= 4 is 32.5 Å². The van der Waals surface area contributed by atoms with Crippen molar-refractivity contribution in [3.05, 3.63) is 0 Å². The molecule has 0 bridgehead atoms. The van der Waals surface area contributed by atoms with Gasteiger partial charge in [-0.15, -0.1) is 0 Å². The van der Waals surface area contributed by atoms with Crippen LogP contribution in [0.1, 0.15) is 0 Å². The number of hydrogen-bond donors (Lipinski definition) is 0. The maximum Gasteiger partial charge on any atom is 0.115 e. The summed E-state index contributed by atoms with van der Waals surface area (Å²) in [5, 5.41) is 0. The van der Waals surface area contributed by atoms with Crippen molar-refractivity contribution in [3.63, 3.8) is 0 Å². The van der Waals surface area contributed by atoms with Crippen molar-refractivity contribution in [1.82, 2.24) is 0 Å².